The molecule has 1 aromatic rings. The quantitative estimate of drug-likeness (QED) is 0.606. The number of rotatable bonds is 0. The Labute approximate surface area is 77.4 Å². The second kappa shape index (κ2) is 3.65. The molecule has 1 N–H and O–H groups in total. The molecule has 13 heavy (non-hydrogen) atoms. The lowest BCUT2D eigenvalue weighted by molar-refractivity contribution is 0.474. The van der Waals surface area contributed by atoms with Crippen molar-refractivity contribution in [2.75, 3.05) is 0 Å². The summed E-state index contributed by atoms with van der Waals surface area (Å²) in [7, 11) is 0. The van der Waals surface area contributed by atoms with Gasteiger partial charge in [0.2, 0.25) is 0 Å². The highest BCUT2D eigenvalue weighted by Gasteiger charge is 2.01. The van der Waals surface area contributed by atoms with Gasteiger partial charge in [-0.3, -0.25) is 0 Å². The topological polar surface area (TPSA) is 44.0 Å². The molecule has 0 aliphatic heterocycles. The van der Waals surface area contributed by atoms with Crippen LogP contribution in [0.3, 0.4) is 0 Å². The molecule has 2 heteroatoms. The number of phenols is 1. The predicted molar refractivity (Wildman–Crippen MR) is 50.1 cm³/mol. The third kappa shape index (κ3) is 2.01. The summed E-state index contributed by atoms with van der Waals surface area (Å²) in [5, 5.41) is 17.5. The number of hydrogen-bond acceptors (Lipinski definition) is 2. The minimum Gasteiger partial charge on any atom is -0.508 e. The van der Waals surface area contributed by atoms with Crippen molar-refractivity contribution in [2.45, 2.75) is 13.8 Å². The molecular formula is C11H9NO. The Balaban J connectivity index is 3.31. The third-order valence-corrected chi connectivity index (χ3v) is 1.76. The zero-order valence-corrected chi connectivity index (χ0v) is 7.55. The number of phenolic OH excluding ortho intramolecular Hbond substituents is 1. The van der Waals surface area contributed by atoms with Crippen molar-refractivity contribution in [3.05, 3.63) is 28.8 Å². The SMILES string of the molecule is Cc1cc(O)cc(C)c1C#CC#N. The van der Waals surface area contributed by atoms with Crippen molar-refractivity contribution < 1.29 is 5.11 Å². The van der Waals surface area contributed by atoms with E-state index in [1.807, 2.05) is 13.8 Å². The number of aryl methyl sites for hydroxylation is 2. The Hall–Kier alpha value is -1.93. The van der Waals surface area contributed by atoms with E-state index in [0.29, 0.717) is 0 Å². The molecule has 0 amide bonds. The van der Waals surface area contributed by atoms with Crippen LogP contribution in [0, 0.1) is 37.0 Å². The van der Waals surface area contributed by atoms with E-state index in [4.69, 9.17) is 5.26 Å². The van der Waals surface area contributed by atoms with Crippen LogP contribution < -0.4 is 0 Å². The molecule has 0 atom stereocenters. The van der Waals surface area contributed by atoms with Crippen molar-refractivity contribution in [3.63, 3.8) is 0 Å². The Bertz CT molecular complexity index is 407. The molecule has 0 bridgehead atoms. The fraction of sp³-hybridized carbons (Fsp3) is 0.182. The van der Waals surface area contributed by atoms with E-state index in [-0.39, 0.29) is 5.75 Å². The summed E-state index contributed by atoms with van der Waals surface area (Å²) in [4.78, 5) is 0. The lowest BCUT2D eigenvalue weighted by Crippen LogP contribution is -1.86. The lowest BCUT2D eigenvalue weighted by Gasteiger charge is -2.03. The molecule has 0 fully saturated rings. The first-order valence-electron chi connectivity index (χ1n) is 3.85. The Morgan fingerprint density at radius 2 is 1.77 bits per heavy atom. The molecule has 0 aliphatic rings. The summed E-state index contributed by atoms with van der Waals surface area (Å²) in [5.74, 6) is 5.31. The predicted octanol–water partition coefficient (Wildman–Crippen LogP) is 1.88. The van der Waals surface area contributed by atoms with Gasteiger partial charge in [-0.05, 0) is 37.1 Å². The van der Waals surface area contributed by atoms with Gasteiger partial charge < -0.3 is 5.11 Å². The first-order valence-corrected chi connectivity index (χ1v) is 3.85. The Morgan fingerprint density at radius 3 is 2.23 bits per heavy atom. The van der Waals surface area contributed by atoms with E-state index in [9.17, 15) is 5.11 Å². The van der Waals surface area contributed by atoms with E-state index in [1.54, 1.807) is 18.2 Å². The van der Waals surface area contributed by atoms with Gasteiger partial charge in [-0.25, -0.2) is 0 Å². The second-order valence-corrected chi connectivity index (χ2v) is 2.82. The van der Waals surface area contributed by atoms with E-state index in [2.05, 4.69) is 11.8 Å². The monoisotopic (exact) mass is 171 g/mol. The molecule has 0 radical (unpaired) electrons. The first kappa shape index (κ1) is 9.16. The molecule has 64 valence electrons. The van der Waals surface area contributed by atoms with Gasteiger partial charge in [0.15, 0.2) is 6.07 Å². The summed E-state index contributed by atoms with van der Waals surface area (Å²) in [6.45, 7) is 3.71. The van der Waals surface area contributed by atoms with Crippen LogP contribution in [0.15, 0.2) is 12.1 Å². The average Bonchev–Trinajstić information content (AvgIpc) is 2.02. The van der Waals surface area contributed by atoms with E-state index in [0.717, 1.165) is 16.7 Å². The summed E-state index contributed by atoms with van der Waals surface area (Å²) in [5.41, 5.74) is 2.60. The summed E-state index contributed by atoms with van der Waals surface area (Å²) >= 11 is 0. The van der Waals surface area contributed by atoms with Crippen LogP contribution in [0.25, 0.3) is 0 Å². The van der Waals surface area contributed by atoms with Gasteiger partial charge in [-0.2, -0.15) is 5.26 Å². The summed E-state index contributed by atoms with van der Waals surface area (Å²) in [6, 6.07) is 5.03. The van der Waals surface area contributed by atoms with Crippen molar-refractivity contribution in [1.29, 1.82) is 5.26 Å². The Morgan fingerprint density at radius 1 is 1.23 bits per heavy atom. The van der Waals surface area contributed by atoms with Crippen LogP contribution >= 0.6 is 0 Å². The number of hydrogen-bond donors (Lipinski definition) is 1. The maximum absolute atomic E-state index is 9.23. The average molecular weight is 171 g/mol. The maximum atomic E-state index is 9.23. The molecule has 0 heterocycles. The van der Waals surface area contributed by atoms with E-state index < -0.39 is 0 Å². The molecule has 1 rings (SSSR count). The largest absolute Gasteiger partial charge is 0.508 e. The molecule has 0 spiro atoms. The van der Waals surface area contributed by atoms with Crippen molar-refractivity contribution in [1.82, 2.24) is 0 Å². The highest BCUT2D eigenvalue weighted by atomic mass is 16.3. The van der Waals surface area contributed by atoms with Gasteiger partial charge in [-0.1, -0.05) is 5.92 Å². The molecule has 1 aromatic carbocycles. The van der Waals surface area contributed by atoms with Crippen molar-refractivity contribution >= 4 is 0 Å². The van der Waals surface area contributed by atoms with Crippen molar-refractivity contribution in [3.8, 4) is 23.7 Å². The van der Waals surface area contributed by atoms with Crippen LogP contribution in [-0.4, -0.2) is 5.11 Å². The van der Waals surface area contributed by atoms with Gasteiger partial charge >= 0.3 is 0 Å². The van der Waals surface area contributed by atoms with Crippen LogP contribution in [0.1, 0.15) is 16.7 Å². The van der Waals surface area contributed by atoms with Gasteiger partial charge in [0.25, 0.3) is 0 Å². The first-order chi connectivity index (χ1) is 6.15. The number of benzene rings is 1. The molecule has 0 saturated heterocycles. The molecule has 2 nitrogen and oxygen atoms in total. The standard InChI is InChI=1S/C11H9NO/c1-8-6-10(13)7-9(2)11(8)4-3-5-12/h6-7,13H,1-2H3. The van der Waals surface area contributed by atoms with E-state index in [1.165, 1.54) is 0 Å². The summed E-state index contributed by atoms with van der Waals surface area (Å²) in [6.07, 6.45) is 0. The van der Waals surface area contributed by atoms with Crippen LogP contribution in [-0.2, 0) is 0 Å². The zero-order valence-electron chi connectivity index (χ0n) is 7.55. The van der Waals surface area contributed by atoms with Gasteiger partial charge in [0, 0.05) is 11.5 Å². The smallest absolute Gasteiger partial charge is 0.152 e. The minimum atomic E-state index is 0.234. The molecular weight excluding hydrogens is 162 g/mol. The van der Waals surface area contributed by atoms with E-state index >= 15 is 0 Å². The number of aromatic hydroxyl groups is 1. The third-order valence-electron chi connectivity index (χ3n) is 1.76. The second-order valence-electron chi connectivity index (χ2n) is 2.82. The van der Waals surface area contributed by atoms with Gasteiger partial charge in [0.1, 0.15) is 5.75 Å². The summed E-state index contributed by atoms with van der Waals surface area (Å²) < 4.78 is 0. The normalized spacial score (nSPS) is 8.38. The van der Waals surface area contributed by atoms with Gasteiger partial charge in [0.05, 0.1) is 0 Å². The fourth-order valence-corrected chi connectivity index (χ4v) is 1.23. The minimum absolute atomic E-state index is 0.234. The van der Waals surface area contributed by atoms with Crippen molar-refractivity contribution in [2.24, 2.45) is 0 Å². The number of nitriles is 1. The fourth-order valence-electron chi connectivity index (χ4n) is 1.23. The molecule has 0 aliphatic carbocycles. The molecule has 0 saturated carbocycles. The molecule has 0 unspecified atom stereocenters. The number of nitrogens with zero attached hydrogens (tertiary/aromatic N) is 1. The van der Waals surface area contributed by atoms with Crippen LogP contribution in [0.4, 0.5) is 0 Å². The van der Waals surface area contributed by atoms with Gasteiger partial charge in [-0.15, -0.1) is 0 Å². The lowest BCUT2D eigenvalue weighted by atomic mass is 10.0. The zero-order chi connectivity index (χ0) is 9.84. The van der Waals surface area contributed by atoms with Crippen LogP contribution in [0.5, 0.6) is 5.75 Å². The highest BCUT2D eigenvalue weighted by Crippen LogP contribution is 2.19. The highest BCUT2D eigenvalue weighted by molar-refractivity contribution is 5.51. The maximum Gasteiger partial charge on any atom is 0.152 e. The van der Waals surface area contributed by atoms with Crippen LogP contribution in [0.2, 0.25) is 0 Å². The molecule has 0 aromatic heterocycles. The Kier molecular flexibility index (Phi) is 2.57.